The summed E-state index contributed by atoms with van der Waals surface area (Å²) < 4.78 is 0.998. The van der Waals surface area contributed by atoms with Crippen LogP contribution in [-0.4, -0.2) is 33.2 Å². The van der Waals surface area contributed by atoms with Crippen LogP contribution >= 0.6 is 23.1 Å². The molecule has 0 fully saturated rings. The Hall–Kier alpha value is -0.170. The Morgan fingerprint density at radius 1 is 1.67 bits per heavy atom. The van der Waals surface area contributed by atoms with Crippen LogP contribution in [0.5, 0.6) is 0 Å². The van der Waals surface area contributed by atoms with Crippen LogP contribution in [0.3, 0.4) is 0 Å². The van der Waals surface area contributed by atoms with E-state index in [1.807, 2.05) is 6.92 Å². The fraction of sp³-hybridized carbons (Fsp3) is 0.778. The number of rotatable bonds is 7. The lowest BCUT2D eigenvalue weighted by Gasteiger charge is -2.25. The van der Waals surface area contributed by atoms with Crippen molar-refractivity contribution >= 4 is 23.1 Å². The van der Waals surface area contributed by atoms with Crippen molar-refractivity contribution in [1.29, 1.82) is 0 Å². The lowest BCUT2D eigenvalue weighted by molar-refractivity contribution is 0.182. The van der Waals surface area contributed by atoms with E-state index in [9.17, 15) is 0 Å². The van der Waals surface area contributed by atoms with Gasteiger partial charge >= 0.3 is 0 Å². The molecule has 0 aromatic carbocycles. The molecule has 0 aliphatic heterocycles. The maximum absolute atomic E-state index is 9.12. The molecule has 0 amide bonds. The van der Waals surface area contributed by atoms with E-state index in [1.165, 1.54) is 0 Å². The van der Waals surface area contributed by atoms with Gasteiger partial charge in [0.1, 0.15) is 5.51 Å². The highest BCUT2D eigenvalue weighted by atomic mass is 32.2. The summed E-state index contributed by atoms with van der Waals surface area (Å²) in [6.07, 6.45) is 2.66. The first-order valence-electron chi connectivity index (χ1n) is 4.99. The Labute approximate surface area is 98.3 Å². The quantitative estimate of drug-likeness (QED) is 0.564. The van der Waals surface area contributed by atoms with Crippen LogP contribution in [0.4, 0.5) is 0 Å². The third kappa shape index (κ3) is 4.46. The molecule has 1 aromatic rings. The van der Waals surface area contributed by atoms with Crippen LogP contribution < -0.4 is 5.73 Å². The van der Waals surface area contributed by atoms with Crippen LogP contribution in [0.2, 0.25) is 0 Å². The number of hydrogen-bond acceptors (Lipinski definition) is 6. The van der Waals surface area contributed by atoms with E-state index >= 15 is 0 Å². The summed E-state index contributed by atoms with van der Waals surface area (Å²) in [5.41, 5.74) is 7.30. The van der Waals surface area contributed by atoms with E-state index in [4.69, 9.17) is 10.8 Å². The number of hydrogen-bond donors (Lipinski definition) is 2. The van der Waals surface area contributed by atoms with E-state index in [1.54, 1.807) is 28.6 Å². The van der Waals surface area contributed by atoms with Crippen LogP contribution in [-0.2, 0) is 0 Å². The normalized spacial score (nSPS) is 15.1. The topological polar surface area (TPSA) is 72.0 Å². The van der Waals surface area contributed by atoms with Gasteiger partial charge in [-0.25, -0.2) is 0 Å². The molecule has 0 aliphatic carbocycles. The van der Waals surface area contributed by atoms with Gasteiger partial charge in [0.05, 0.1) is 6.61 Å². The van der Waals surface area contributed by atoms with Gasteiger partial charge in [0.2, 0.25) is 0 Å². The number of aliphatic hydroxyl groups is 1. The zero-order valence-corrected chi connectivity index (χ0v) is 10.5. The standard InChI is InChI=1S/C9H17N3OS2/c1-2-9(10,6-13)4-3-5-14-8-12-11-7-15-8/h7,13H,2-6,10H2,1H3. The van der Waals surface area contributed by atoms with E-state index in [-0.39, 0.29) is 6.61 Å². The fourth-order valence-corrected chi connectivity index (χ4v) is 2.68. The first-order chi connectivity index (χ1) is 7.20. The second-order valence-electron chi connectivity index (χ2n) is 3.53. The van der Waals surface area contributed by atoms with Gasteiger partial charge in [-0.3, -0.25) is 0 Å². The fourth-order valence-electron chi connectivity index (χ4n) is 1.18. The molecule has 1 rings (SSSR count). The highest BCUT2D eigenvalue weighted by Gasteiger charge is 2.20. The van der Waals surface area contributed by atoms with Crippen LogP contribution in [0.25, 0.3) is 0 Å². The Morgan fingerprint density at radius 3 is 3.00 bits per heavy atom. The summed E-state index contributed by atoms with van der Waals surface area (Å²) in [5, 5.41) is 16.8. The van der Waals surface area contributed by atoms with Crippen molar-refractivity contribution < 1.29 is 5.11 Å². The number of thioether (sulfide) groups is 1. The smallest absolute Gasteiger partial charge is 0.174 e. The van der Waals surface area contributed by atoms with Gasteiger partial charge < -0.3 is 10.8 Å². The third-order valence-electron chi connectivity index (χ3n) is 2.40. The average molecular weight is 247 g/mol. The predicted molar refractivity (Wildman–Crippen MR) is 64.2 cm³/mol. The number of aliphatic hydroxyl groups excluding tert-OH is 1. The number of nitrogens with two attached hydrogens (primary N) is 1. The highest BCUT2D eigenvalue weighted by molar-refractivity contribution is 8.00. The third-order valence-corrected chi connectivity index (χ3v) is 4.35. The van der Waals surface area contributed by atoms with Crippen LogP contribution in [0, 0.1) is 0 Å². The molecule has 86 valence electrons. The lowest BCUT2D eigenvalue weighted by Crippen LogP contribution is -2.42. The van der Waals surface area contributed by atoms with E-state index in [2.05, 4.69) is 10.2 Å². The highest BCUT2D eigenvalue weighted by Crippen LogP contribution is 2.22. The Kier molecular flexibility index (Phi) is 5.52. The average Bonchev–Trinajstić information content (AvgIpc) is 2.77. The van der Waals surface area contributed by atoms with Crippen molar-refractivity contribution in [3.8, 4) is 0 Å². The first kappa shape index (κ1) is 12.9. The Bertz CT molecular complexity index is 262. The molecule has 0 spiro atoms. The molecule has 0 bridgehead atoms. The predicted octanol–water partition coefficient (Wildman–Crippen LogP) is 1.51. The van der Waals surface area contributed by atoms with Gasteiger partial charge in [-0.15, -0.1) is 10.2 Å². The lowest BCUT2D eigenvalue weighted by atomic mass is 9.93. The zero-order valence-electron chi connectivity index (χ0n) is 8.85. The summed E-state index contributed by atoms with van der Waals surface area (Å²) in [4.78, 5) is 0. The van der Waals surface area contributed by atoms with Gasteiger partial charge in [-0.05, 0) is 19.3 Å². The molecule has 1 atom stereocenters. The van der Waals surface area contributed by atoms with Crippen molar-refractivity contribution in [2.45, 2.75) is 36.1 Å². The summed E-state index contributed by atoms with van der Waals surface area (Å²) >= 11 is 3.25. The Morgan fingerprint density at radius 2 is 2.47 bits per heavy atom. The van der Waals surface area contributed by atoms with Crippen molar-refractivity contribution in [3.63, 3.8) is 0 Å². The minimum absolute atomic E-state index is 0.0625. The summed E-state index contributed by atoms with van der Waals surface area (Å²) in [6, 6.07) is 0. The van der Waals surface area contributed by atoms with E-state index in [0.29, 0.717) is 0 Å². The maximum Gasteiger partial charge on any atom is 0.174 e. The first-order valence-corrected chi connectivity index (χ1v) is 6.85. The summed E-state index contributed by atoms with van der Waals surface area (Å²) in [5.74, 6) is 0.980. The van der Waals surface area contributed by atoms with Crippen LogP contribution in [0.1, 0.15) is 26.2 Å². The van der Waals surface area contributed by atoms with Crippen molar-refractivity contribution in [2.75, 3.05) is 12.4 Å². The zero-order chi connectivity index (χ0) is 11.1. The number of aromatic nitrogens is 2. The maximum atomic E-state index is 9.12. The number of nitrogens with zero attached hydrogens (tertiary/aromatic N) is 2. The minimum Gasteiger partial charge on any atom is -0.394 e. The summed E-state index contributed by atoms with van der Waals surface area (Å²) in [7, 11) is 0. The van der Waals surface area contributed by atoms with E-state index in [0.717, 1.165) is 29.4 Å². The molecule has 0 aliphatic rings. The molecule has 4 nitrogen and oxygen atoms in total. The second-order valence-corrected chi connectivity index (χ2v) is 5.71. The molecule has 3 N–H and O–H groups in total. The van der Waals surface area contributed by atoms with Gasteiger partial charge in [0.15, 0.2) is 4.34 Å². The molecule has 1 unspecified atom stereocenters. The second kappa shape index (κ2) is 6.42. The molecule has 0 saturated heterocycles. The largest absolute Gasteiger partial charge is 0.394 e. The minimum atomic E-state index is -0.401. The monoisotopic (exact) mass is 247 g/mol. The van der Waals surface area contributed by atoms with Crippen molar-refractivity contribution in [2.24, 2.45) is 5.73 Å². The van der Waals surface area contributed by atoms with Gasteiger partial charge in [-0.1, -0.05) is 30.0 Å². The molecule has 6 heteroatoms. The van der Waals surface area contributed by atoms with Gasteiger partial charge in [-0.2, -0.15) is 0 Å². The molecule has 1 heterocycles. The van der Waals surface area contributed by atoms with E-state index < -0.39 is 5.54 Å². The van der Waals surface area contributed by atoms with Crippen molar-refractivity contribution in [1.82, 2.24) is 10.2 Å². The molecule has 0 radical (unpaired) electrons. The van der Waals surface area contributed by atoms with Gasteiger partial charge in [0, 0.05) is 11.3 Å². The molecule has 0 saturated carbocycles. The SMILES string of the molecule is CCC(N)(CO)CCCSc1nncs1. The van der Waals surface area contributed by atoms with Crippen molar-refractivity contribution in [3.05, 3.63) is 5.51 Å². The molecule has 15 heavy (non-hydrogen) atoms. The molecular weight excluding hydrogens is 230 g/mol. The van der Waals surface area contributed by atoms with Gasteiger partial charge in [0.25, 0.3) is 0 Å². The molecule has 1 aromatic heterocycles. The molecular formula is C9H17N3OS2. The van der Waals surface area contributed by atoms with Crippen LogP contribution in [0.15, 0.2) is 9.85 Å². The summed E-state index contributed by atoms with van der Waals surface area (Å²) in [6.45, 7) is 2.07. The Balaban J connectivity index is 2.16.